The molecule has 4 rings (SSSR count). The molecular weight excluding hydrogens is 228 g/mol. The Morgan fingerprint density at radius 2 is 2.28 bits per heavy atom. The molecule has 0 aromatic carbocycles. The molecule has 1 saturated heterocycles. The van der Waals surface area contributed by atoms with E-state index >= 15 is 0 Å². The third kappa shape index (κ3) is 0.827. The van der Waals surface area contributed by atoms with E-state index in [2.05, 4.69) is 20.4 Å². The second-order valence-electron chi connectivity index (χ2n) is 6.54. The maximum Gasteiger partial charge on any atom is 0.190 e. The van der Waals surface area contributed by atoms with E-state index in [9.17, 15) is 9.90 Å². The Hall–Kier alpha value is -0.930. The molecule has 0 aromatic heterocycles. The van der Waals surface area contributed by atoms with Crippen molar-refractivity contribution in [1.82, 2.24) is 0 Å². The van der Waals surface area contributed by atoms with E-state index in [1.807, 2.05) is 0 Å². The molecule has 96 valence electrons. The van der Waals surface area contributed by atoms with Crippen LogP contribution in [0.25, 0.3) is 0 Å². The molecule has 0 radical (unpaired) electrons. The van der Waals surface area contributed by atoms with Crippen molar-refractivity contribution in [3.63, 3.8) is 0 Å². The molecule has 3 aliphatic carbocycles. The summed E-state index contributed by atoms with van der Waals surface area (Å²) in [6, 6.07) is 0. The first kappa shape index (κ1) is 10.9. The van der Waals surface area contributed by atoms with Crippen molar-refractivity contribution in [2.45, 2.75) is 38.4 Å². The number of aliphatic hydroxyl groups is 1. The van der Waals surface area contributed by atoms with Crippen LogP contribution >= 0.6 is 0 Å². The molecule has 1 N–H and O–H groups in total. The van der Waals surface area contributed by atoms with Crippen LogP contribution in [0.1, 0.15) is 26.7 Å². The molecule has 1 spiro atoms. The highest BCUT2D eigenvalue weighted by molar-refractivity contribution is 6.07. The number of hydrogen-bond acceptors (Lipinski definition) is 3. The summed E-state index contributed by atoms with van der Waals surface area (Å²) in [4.78, 5) is 12.1. The summed E-state index contributed by atoms with van der Waals surface area (Å²) in [6.07, 6.45) is 1.75. The second-order valence-corrected chi connectivity index (χ2v) is 6.54. The van der Waals surface area contributed by atoms with Gasteiger partial charge in [0.15, 0.2) is 11.9 Å². The normalized spacial score (nSPS) is 52.7. The topological polar surface area (TPSA) is 49.8 Å². The summed E-state index contributed by atoms with van der Waals surface area (Å²) in [6.45, 7) is 8.37. The maximum absolute atomic E-state index is 12.1. The van der Waals surface area contributed by atoms with Crippen LogP contribution in [0.2, 0.25) is 0 Å². The first-order valence-corrected chi connectivity index (χ1v) is 6.68. The number of rotatable bonds is 1. The quantitative estimate of drug-likeness (QED) is 0.434. The molecule has 4 aliphatic rings. The fourth-order valence-corrected chi connectivity index (χ4v) is 5.15. The number of aliphatic hydroxyl groups excluding tert-OH is 1. The smallest absolute Gasteiger partial charge is 0.190 e. The van der Waals surface area contributed by atoms with Crippen molar-refractivity contribution in [3.8, 4) is 0 Å². The van der Waals surface area contributed by atoms with E-state index in [-0.39, 0.29) is 35.4 Å². The average molecular weight is 246 g/mol. The summed E-state index contributed by atoms with van der Waals surface area (Å²) in [5.41, 5.74) is 2.59. The number of Topliss-reactive ketones (excluding diaryl/α,β-unsaturated/α-hetero) is 1. The fraction of sp³-hybridized carbons (Fsp3) is 0.667. The lowest BCUT2D eigenvalue weighted by Gasteiger charge is -2.34. The third-order valence-corrected chi connectivity index (χ3v) is 6.06. The maximum atomic E-state index is 12.1. The Morgan fingerprint density at radius 3 is 2.94 bits per heavy atom. The van der Waals surface area contributed by atoms with Gasteiger partial charge < -0.3 is 9.84 Å². The lowest BCUT2D eigenvalue weighted by molar-refractivity contribution is -0.117. The Balaban J connectivity index is 1.89. The average Bonchev–Trinajstić information content (AvgIpc) is 2.85. The Kier molecular flexibility index (Phi) is 1.71. The van der Waals surface area contributed by atoms with E-state index in [0.29, 0.717) is 5.92 Å². The molecule has 5 atom stereocenters. The van der Waals surface area contributed by atoms with E-state index < -0.39 is 0 Å². The molecule has 0 amide bonds. The Morgan fingerprint density at radius 1 is 1.56 bits per heavy atom. The van der Waals surface area contributed by atoms with Crippen LogP contribution in [0.4, 0.5) is 0 Å². The molecule has 3 nitrogen and oxygen atoms in total. The standard InChI is InChI=1S/C15H18O3/c1-7-4-9-5-15-13(18-15)12(17)8(2)14(15,3)11(9)10(7)6-16/h9,11,13,16H,2,4-6H2,1,3H3/t9-,11+,13-,14+,15-/m1/s1. The summed E-state index contributed by atoms with van der Waals surface area (Å²) in [7, 11) is 0. The first-order chi connectivity index (χ1) is 8.47. The molecule has 2 saturated carbocycles. The SMILES string of the molecule is C=C1C(=O)[C@H]2O[C@]23C[C@H]2CC(C)=C(CO)[C@H]2[C@]13C. The second kappa shape index (κ2) is 2.81. The number of hydrogen-bond donors (Lipinski definition) is 1. The predicted octanol–water partition coefficient (Wildman–Crippen LogP) is 1.62. The van der Waals surface area contributed by atoms with Gasteiger partial charge in [0.05, 0.1) is 6.61 Å². The van der Waals surface area contributed by atoms with Crippen molar-refractivity contribution in [2.75, 3.05) is 6.61 Å². The molecule has 3 fully saturated rings. The van der Waals surface area contributed by atoms with Crippen LogP contribution in [0.5, 0.6) is 0 Å². The highest BCUT2D eigenvalue weighted by atomic mass is 16.6. The van der Waals surface area contributed by atoms with Crippen molar-refractivity contribution in [3.05, 3.63) is 23.3 Å². The number of epoxide rings is 1. The summed E-state index contributed by atoms with van der Waals surface area (Å²) in [5.74, 6) is 0.872. The van der Waals surface area contributed by atoms with Gasteiger partial charge in [0.2, 0.25) is 0 Å². The minimum absolute atomic E-state index is 0.0952. The molecule has 3 heteroatoms. The Bertz CT molecular complexity index is 532. The van der Waals surface area contributed by atoms with Crippen molar-refractivity contribution < 1.29 is 14.6 Å². The Labute approximate surface area is 107 Å². The fourth-order valence-electron chi connectivity index (χ4n) is 5.15. The first-order valence-electron chi connectivity index (χ1n) is 6.68. The van der Waals surface area contributed by atoms with Gasteiger partial charge in [-0.15, -0.1) is 0 Å². The van der Waals surface area contributed by atoms with Crippen LogP contribution in [0.15, 0.2) is 23.3 Å². The van der Waals surface area contributed by atoms with Gasteiger partial charge in [-0.25, -0.2) is 0 Å². The minimum atomic E-state index is -0.282. The van der Waals surface area contributed by atoms with E-state index in [1.54, 1.807) is 0 Å². The number of fused-ring (bicyclic) bond motifs is 2. The van der Waals surface area contributed by atoms with Crippen LogP contribution < -0.4 is 0 Å². The van der Waals surface area contributed by atoms with Crippen molar-refractivity contribution >= 4 is 5.78 Å². The number of ether oxygens (including phenoxy) is 1. The summed E-state index contributed by atoms with van der Waals surface area (Å²) in [5, 5.41) is 9.65. The highest BCUT2D eigenvalue weighted by Crippen LogP contribution is 2.75. The lowest BCUT2D eigenvalue weighted by atomic mass is 9.69. The van der Waals surface area contributed by atoms with Gasteiger partial charge in [0.1, 0.15) is 5.60 Å². The summed E-state index contributed by atoms with van der Waals surface area (Å²) >= 11 is 0. The van der Waals surface area contributed by atoms with Crippen LogP contribution in [-0.4, -0.2) is 29.2 Å². The minimum Gasteiger partial charge on any atom is -0.392 e. The van der Waals surface area contributed by atoms with Crippen LogP contribution in [0, 0.1) is 17.3 Å². The number of carbonyl (C=O) groups is 1. The predicted molar refractivity (Wildman–Crippen MR) is 65.9 cm³/mol. The molecule has 1 heterocycles. The molecular formula is C15H18O3. The molecule has 1 aliphatic heterocycles. The van der Waals surface area contributed by atoms with Crippen LogP contribution in [0.3, 0.4) is 0 Å². The third-order valence-electron chi connectivity index (χ3n) is 6.06. The number of carbonyl (C=O) groups excluding carboxylic acids is 1. The zero-order valence-electron chi connectivity index (χ0n) is 10.8. The molecule has 0 bridgehead atoms. The summed E-state index contributed by atoms with van der Waals surface area (Å²) < 4.78 is 5.80. The molecule has 0 unspecified atom stereocenters. The molecule has 18 heavy (non-hydrogen) atoms. The van der Waals surface area contributed by atoms with E-state index in [0.717, 1.165) is 24.0 Å². The van der Waals surface area contributed by atoms with Crippen molar-refractivity contribution in [2.24, 2.45) is 17.3 Å². The van der Waals surface area contributed by atoms with Gasteiger partial charge >= 0.3 is 0 Å². The molecule has 0 aromatic rings. The van der Waals surface area contributed by atoms with Gasteiger partial charge in [-0.2, -0.15) is 0 Å². The van der Waals surface area contributed by atoms with Crippen LogP contribution in [-0.2, 0) is 9.53 Å². The monoisotopic (exact) mass is 246 g/mol. The number of ketones is 1. The zero-order chi connectivity index (χ0) is 12.9. The number of allylic oxidation sites excluding steroid dienone is 1. The van der Waals surface area contributed by atoms with Gasteiger partial charge in [-0.05, 0) is 37.2 Å². The van der Waals surface area contributed by atoms with E-state index in [4.69, 9.17) is 4.74 Å². The largest absolute Gasteiger partial charge is 0.392 e. The van der Waals surface area contributed by atoms with Gasteiger partial charge in [0.25, 0.3) is 0 Å². The zero-order valence-corrected chi connectivity index (χ0v) is 10.8. The van der Waals surface area contributed by atoms with Crippen molar-refractivity contribution in [1.29, 1.82) is 0 Å². The van der Waals surface area contributed by atoms with Gasteiger partial charge in [-0.1, -0.05) is 19.1 Å². The van der Waals surface area contributed by atoms with Gasteiger partial charge in [-0.3, -0.25) is 4.79 Å². The highest BCUT2D eigenvalue weighted by Gasteiger charge is 2.83. The van der Waals surface area contributed by atoms with Gasteiger partial charge in [0, 0.05) is 11.0 Å². The lowest BCUT2D eigenvalue weighted by Crippen LogP contribution is -2.36. The van der Waals surface area contributed by atoms with E-state index in [1.165, 1.54) is 5.57 Å².